The standard InChI is InChI=1S/C9H9Cl2N5O2S/c1-4-7(5(2)15-14-4)19(17,18)16-9-6(10)8(11)12-3-13-9/h3H,1-2H3,(H,14,15)(H,12,13,16). The minimum Gasteiger partial charge on any atom is -0.281 e. The zero-order valence-corrected chi connectivity index (χ0v) is 12.2. The topological polar surface area (TPSA) is 101 Å². The molecule has 0 fully saturated rings. The quantitative estimate of drug-likeness (QED) is 0.841. The van der Waals surface area contributed by atoms with Gasteiger partial charge in [-0.1, -0.05) is 23.2 Å². The zero-order chi connectivity index (χ0) is 14.2. The number of H-pyrrole nitrogens is 1. The summed E-state index contributed by atoms with van der Waals surface area (Å²) in [6, 6.07) is 0. The molecule has 0 saturated carbocycles. The minimum atomic E-state index is -3.85. The third-order valence-electron chi connectivity index (χ3n) is 2.31. The number of sulfonamides is 1. The smallest absolute Gasteiger partial charge is 0.266 e. The summed E-state index contributed by atoms with van der Waals surface area (Å²) in [7, 11) is -3.85. The number of nitrogens with zero attached hydrogens (tertiary/aromatic N) is 3. The largest absolute Gasteiger partial charge is 0.281 e. The van der Waals surface area contributed by atoms with E-state index < -0.39 is 10.0 Å². The van der Waals surface area contributed by atoms with Gasteiger partial charge in [0.05, 0.1) is 11.4 Å². The summed E-state index contributed by atoms with van der Waals surface area (Å²) in [5, 5.41) is 6.33. The van der Waals surface area contributed by atoms with Gasteiger partial charge in [-0.3, -0.25) is 9.82 Å². The Balaban J connectivity index is 2.46. The second kappa shape index (κ2) is 4.95. The molecule has 2 N–H and O–H groups in total. The molecule has 102 valence electrons. The van der Waals surface area contributed by atoms with Crippen LogP contribution in [0.5, 0.6) is 0 Å². The predicted octanol–water partition coefficient (Wildman–Crippen LogP) is 1.92. The molecule has 0 aliphatic carbocycles. The third-order valence-corrected chi connectivity index (χ3v) is 4.65. The van der Waals surface area contributed by atoms with E-state index in [0.29, 0.717) is 11.4 Å². The molecule has 2 aromatic heterocycles. The molecule has 0 aromatic carbocycles. The lowest BCUT2D eigenvalue weighted by Gasteiger charge is -2.08. The Morgan fingerprint density at radius 3 is 2.53 bits per heavy atom. The summed E-state index contributed by atoms with van der Waals surface area (Å²) >= 11 is 11.5. The average Bonchev–Trinajstić information content (AvgIpc) is 2.65. The van der Waals surface area contributed by atoms with Crippen LogP contribution in [-0.2, 0) is 10.0 Å². The summed E-state index contributed by atoms with van der Waals surface area (Å²) in [4.78, 5) is 7.44. The lowest BCUT2D eigenvalue weighted by molar-refractivity contribution is 0.600. The first-order valence-corrected chi connectivity index (χ1v) is 7.27. The van der Waals surface area contributed by atoms with E-state index in [1.165, 1.54) is 0 Å². The number of aryl methyl sites for hydroxylation is 2. The van der Waals surface area contributed by atoms with Crippen molar-refractivity contribution in [1.82, 2.24) is 20.2 Å². The maximum Gasteiger partial charge on any atom is 0.266 e. The molecule has 2 heterocycles. The van der Waals surface area contributed by atoms with Crippen LogP contribution in [0.15, 0.2) is 11.2 Å². The van der Waals surface area contributed by atoms with Crippen LogP contribution in [0.3, 0.4) is 0 Å². The Kier molecular flexibility index (Phi) is 3.66. The van der Waals surface area contributed by atoms with Gasteiger partial charge in [-0.2, -0.15) is 5.10 Å². The van der Waals surface area contributed by atoms with Crippen LogP contribution in [0.2, 0.25) is 10.2 Å². The molecule has 0 aliphatic heterocycles. The SMILES string of the molecule is Cc1n[nH]c(C)c1S(=O)(=O)Nc1ncnc(Cl)c1Cl. The summed E-state index contributed by atoms with van der Waals surface area (Å²) in [5.74, 6) is -0.0818. The van der Waals surface area contributed by atoms with Gasteiger partial charge in [-0.05, 0) is 13.8 Å². The van der Waals surface area contributed by atoms with Crippen LogP contribution in [-0.4, -0.2) is 28.6 Å². The van der Waals surface area contributed by atoms with Crippen molar-refractivity contribution in [2.45, 2.75) is 18.7 Å². The Morgan fingerprint density at radius 2 is 1.95 bits per heavy atom. The summed E-state index contributed by atoms with van der Waals surface area (Å²) < 4.78 is 26.7. The molecule has 10 heteroatoms. The van der Waals surface area contributed by atoms with Crippen molar-refractivity contribution in [3.05, 3.63) is 27.9 Å². The predicted molar refractivity (Wildman–Crippen MR) is 70.9 cm³/mol. The monoisotopic (exact) mass is 321 g/mol. The van der Waals surface area contributed by atoms with Crippen LogP contribution in [0.4, 0.5) is 5.82 Å². The highest BCUT2D eigenvalue weighted by atomic mass is 35.5. The van der Waals surface area contributed by atoms with E-state index >= 15 is 0 Å². The third kappa shape index (κ3) is 2.65. The van der Waals surface area contributed by atoms with Gasteiger partial charge in [-0.15, -0.1) is 0 Å². The number of hydrogen-bond donors (Lipinski definition) is 2. The zero-order valence-electron chi connectivity index (χ0n) is 9.90. The molecule has 0 amide bonds. The molecule has 0 radical (unpaired) electrons. The van der Waals surface area contributed by atoms with Crippen molar-refractivity contribution < 1.29 is 8.42 Å². The van der Waals surface area contributed by atoms with Crippen LogP contribution < -0.4 is 4.72 Å². The van der Waals surface area contributed by atoms with Crippen molar-refractivity contribution in [1.29, 1.82) is 0 Å². The Labute approximate surface area is 119 Å². The minimum absolute atomic E-state index is 0.0324. The van der Waals surface area contributed by atoms with Crippen molar-refractivity contribution in [2.75, 3.05) is 4.72 Å². The van der Waals surface area contributed by atoms with Gasteiger partial charge in [0.25, 0.3) is 10.0 Å². The van der Waals surface area contributed by atoms with Crippen LogP contribution in [0.25, 0.3) is 0 Å². The lowest BCUT2D eigenvalue weighted by atomic mass is 10.4. The molecule has 0 atom stereocenters. The van der Waals surface area contributed by atoms with E-state index in [0.717, 1.165) is 6.33 Å². The maximum absolute atomic E-state index is 12.2. The van der Waals surface area contributed by atoms with Crippen molar-refractivity contribution >= 4 is 39.0 Å². The molecule has 19 heavy (non-hydrogen) atoms. The number of aromatic amines is 1. The summed E-state index contributed by atoms with van der Waals surface area (Å²) in [6.07, 6.45) is 1.11. The van der Waals surface area contributed by atoms with E-state index in [9.17, 15) is 8.42 Å². The Morgan fingerprint density at radius 1 is 1.26 bits per heavy atom. The molecule has 7 nitrogen and oxygen atoms in total. The number of rotatable bonds is 3. The second-order valence-corrected chi connectivity index (χ2v) is 6.05. The molecule has 0 unspecified atom stereocenters. The van der Waals surface area contributed by atoms with Gasteiger partial charge in [-0.25, -0.2) is 18.4 Å². The number of hydrogen-bond acceptors (Lipinski definition) is 5. The Bertz CT molecular complexity index is 709. The molecule has 0 bridgehead atoms. The van der Waals surface area contributed by atoms with E-state index in [1.54, 1.807) is 13.8 Å². The molecule has 2 rings (SSSR count). The first-order valence-electron chi connectivity index (χ1n) is 5.03. The highest BCUT2D eigenvalue weighted by Crippen LogP contribution is 2.28. The molecule has 0 saturated heterocycles. The van der Waals surface area contributed by atoms with E-state index in [1.807, 2.05) is 0 Å². The summed E-state index contributed by atoms with van der Waals surface area (Å²) in [5.41, 5.74) is 0.766. The van der Waals surface area contributed by atoms with E-state index in [2.05, 4.69) is 24.9 Å². The van der Waals surface area contributed by atoms with E-state index in [-0.39, 0.29) is 20.9 Å². The van der Waals surface area contributed by atoms with Crippen LogP contribution >= 0.6 is 23.2 Å². The van der Waals surface area contributed by atoms with Gasteiger partial charge < -0.3 is 0 Å². The highest BCUT2D eigenvalue weighted by Gasteiger charge is 2.24. The number of halogens is 2. The van der Waals surface area contributed by atoms with E-state index in [4.69, 9.17) is 23.2 Å². The fourth-order valence-corrected chi connectivity index (χ4v) is 3.26. The number of aromatic nitrogens is 4. The van der Waals surface area contributed by atoms with Crippen molar-refractivity contribution in [2.24, 2.45) is 0 Å². The van der Waals surface area contributed by atoms with Gasteiger partial charge in [0.1, 0.15) is 16.2 Å². The number of anilines is 1. The second-order valence-electron chi connectivity index (χ2n) is 3.70. The van der Waals surface area contributed by atoms with Gasteiger partial charge in [0, 0.05) is 0 Å². The summed E-state index contributed by atoms with van der Waals surface area (Å²) in [6.45, 7) is 3.18. The first kappa shape index (κ1) is 14.0. The number of nitrogens with one attached hydrogen (secondary N) is 2. The van der Waals surface area contributed by atoms with Crippen molar-refractivity contribution in [3.63, 3.8) is 0 Å². The lowest BCUT2D eigenvalue weighted by Crippen LogP contribution is -2.16. The Hall–Kier alpha value is -1.38. The highest BCUT2D eigenvalue weighted by molar-refractivity contribution is 7.92. The maximum atomic E-state index is 12.2. The molecule has 0 spiro atoms. The van der Waals surface area contributed by atoms with Gasteiger partial charge in [0.2, 0.25) is 0 Å². The van der Waals surface area contributed by atoms with Crippen LogP contribution in [0.1, 0.15) is 11.4 Å². The average molecular weight is 322 g/mol. The molecular formula is C9H9Cl2N5O2S. The van der Waals surface area contributed by atoms with Crippen LogP contribution in [0, 0.1) is 13.8 Å². The molecular weight excluding hydrogens is 313 g/mol. The molecule has 2 aromatic rings. The van der Waals surface area contributed by atoms with Gasteiger partial charge >= 0.3 is 0 Å². The van der Waals surface area contributed by atoms with Gasteiger partial charge in [0.15, 0.2) is 11.0 Å². The fraction of sp³-hybridized carbons (Fsp3) is 0.222. The normalized spacial score (nSPS) is 11.6. The van der Waals surface area contributed by atoms with Crippen molar-refractivity contribution in [3.8, 4) is 0 Å². The first-order chi connectivity index (χ1) is 8.83. The fourth-order valence-electron chi connectivity index (χ4n) is 1.53. The molecule has 0 aliphatic rings.